The number of carbonyl (C=O) groups excluding carboxylic acids is 2. The van der Waals surface area contributed by atoms with Crippen LogP contribution in [0.2, 0.25) is 0 Å². The Morgan fingerprint density at radius 1 is 1.03 bits per heavy atom. The summed E-state index contributed by atoms with van der Waals surface area (Å²) >= 11 is 1.40. The molecule has 2 amide bonds. The van der Waals surface area contributed by atoms with E-state index in [1.54, 1.807) is 24.3 Å². The highest BCUT2D eigenvalue weighted by Gasteiger charge is 2.18. The lowest BCUT2D eigenvalue weighted by Crippen LogP contribution is -2.24. The van der Waals surface area contributed by atoms with E-state index >= 15 is 0 Å². The normalized spacial score (nSPS) is 10.9. The predicted octanol–water partition coefficient (Wildman–Crippen LogP) is 4.46. The molecular formula is C23H22N4O2S. The Morgan fingerprint density at radius 3 is 2.53 bits per heavy atom. The number of thiophene rings is 1. The lowest BCUT2D eigenvalue weighted by molar-refractivity contribution is 0.0956. The molecule has 0 fully saturated rings. The number of hydrogen-bond donors (Lipinski definition) is 2. The summed E-state index contributed by atoms with van der Waals surface area (Å²) in [5.74, 6) is -0.447. The van der Waals surface area contributed by atoms with Gasteiger partial charge in [0.1, 0.15) is 4.83 Å². The molecular weight excluding hydrogens is 396 g/mol. The van der Waals surface area contributed by atoms with E-state index < -0.39 is 0 Å². The van der Waals surface area contributed by atoms with Gasteiger partial charge in [-0.1, -0.05) is 42.5 Å². The maximum atomic E-state index is 12.9. The molecule has 2 N–H and O–H groups in total. The fourth-order valence-corrected chi connectivity index (χ4v) is 4.37. The summed E-state index contributed by atoms with van der Waals surface area (Å²) in [5.41, 5.74) is 2.98. The number of aromatic nitrogens is 2. The monoisotopic (exact) mass is 418 g/mol. The molecule has 2 aromatic carbocycles. The van der Waals surface area contributed by atoms with Crippen LogP contribution in [0.15, 0.2) is 60.7 Å². The molecule has 0 aliphatic carbocycles. The Kier molecular flexibility index (Phi) is 5.63. The second-order valence-electron chi connectivity index (χ2n) is 6.92. The molecule has 0 bridgehead atoms. The van der Waals surface area contributed by atoms with E-state index in [4.69, 9.17) is 0 Å². The summed E-state index contributed by atoms with van der Waals surface area (Å²) in [6, 6.07) is 19.0. The van der Waals surface area contributed by atoms with E-state index in [0.29, 0.717) is 29.2 Å². The molecule has 0 saturated carbocycles. The van der Waals surface area contributed by atoms with E-state index in [0.717, 1.165) is 21.5 Å². The summed E-state index contributed by atoms with van der Waals surface area (Å²) in [5, 5.41) is 11.3. The van der Waals surface area contributed by atoms with Crippen LogP contribution in [0.3, 0.4) is 0 Å². The average Bonchev–Trinajstić information content (AvgIpc) is 3.31. The smallest absolute Gasteiger partial charge is 0.265 e. The number of benzene rings is 2. The SMILES string of the molecule is CCNC(=O)c1ccccc1NC(=O)c1cc2c(C)nn(Cc3ccccc3)c2s1. The number of amides is 2. The van der Waals surface area contributed by atoms with E-state index in [1.807, 2.05) is 42.8 Å². The molecule has 0 aliphatic heterocycles. The number of carbonyl (C=O) groups is 2. The van der Waals surface area contributed by atoms with Crippen molar-refractivity contribution in [2.24, 2.45) is 0 Å². The number of rotatable bonds is 6. The molecule has 4 rings (SSSR count). The zero-order valence-corrected chi connectivity index (χ0v) is 17.6. The molecule has 6 nitrogen and oxygen atoms in total. The van der Waals surface area contributed by atoms with Crippen molar-refractivity contribution in [3.05, 3.63) is 82.4 Å². The van der Waals surface area contributed by atoms with Gasteiger partial charge in [0.05, 0.1) is 28.4 Å². The Morgan fingerprint density at radius 2 is 1.77 bits per heavy atom. The van der Waals surface area contributed by atoms with Gasteiger partial charge in [0.25, 0.3) is 11.8 Å². The average molecular weight is 419 g/mol. The fourth-order valence-electron chi connectivity index (χ4n) is 3.32. The Hall–Kier alpha value is -3.45. The van der Waals surface area contributed by atoms with Gasteiger partial charge in [-0.05, 0) is 37.6 Å². The summed E-state index contributed by atoms with van der Waals surface area (Å²) in [4.78, 5) is 26.7. The standard InChI is InChI=1S/C23H22N4O2S/c1-3-24-21(28)17-11-7-8-12-19(17)25-22(29)20-13-18-15(2)26-27(23(18)30-20)14-16-9-5-4-6-10-16/h4-13H,3,14H2,1-2H3,(H,24,28)(H,25,29). The van der Waals surface area contributed by atoms with Crippen molar-refractivity contribution >= 4 is 39.1 Å². The number of para-hydroxylation sites is 1. The zero-order valence-electron chi connectivity index (χ0n) is 16.8. The molecule has 7 heteroatoms. The number of nitrogens with zero attached hydrogens (tertiary/aromatic N) is 2. The molecule has 152 valence electrons. The van der Waals surface area contributed by atoms with Gasteiger partial charge in [0.15, 0.2) is 0 Å². The third kappa shape index (κ3) is 3.97. The maximum Gasteiger partial charge on any atom is 0.265 e. The van der Waals surface area contributed by atoms with Gasteiger partial charge in [-0.25, -0.2) is 0 Å². The van der Waals surface area contributed by atoms with Gasteiger partial charge in [-0.2, -0.15) is 5.10 Å². The van der Waals surface area contributed by atoms with Crippen molar-refractivity contribution in [3.63, 3.8) is 0 Å². The first-order chi connectivity index (χ1) is 14.6. The molecule has 0 spiro atoms. The third-order valence-electron chi connectivity index (χ3n) is 4.76. The number of fused-ring (bicyclic) bond motifs is 1. The Labute approximate surface area is 178 Å². The molecule has 4 aromatic rings. The van der Waals surface area contributed by atoms with Crippen molar-refractivity contribution in [2.75, 3.05) is 11.9 Å². The van der Waals surface area contributed by atoms with Crippen molar-refractivity contribution in [1.29, 1.82) is 0 Å². The van der Waals surface area contributed by atoms with Crippen molar-refractivity contribution in [3.8, 4) is 0 Å². The molecule has 0 aliphatic rings. The Balaban J connectivity index is 1.61. The first-order valence-electron chi connectivity index (χ1n) is 9.76. The van der Waals surface area contributed by atoms with Crippen LogP contribution in [0, 0.1) is 6.92 Å². The zero-order chi connectivity index (χ0) is 21.1. The lowest BCUT2D eigenvalue weighted by Gasteiger charge is -2.10. The molecule has 2 aromatic heterocycles. The minimum Gasteiger partial charge on any atom is -0.352 e. The highest BCUT2D eigenvalue weighted by molar-refractivity contribution is 7.20. The summed E-state index contributed by atoms with van der Waals surface area (Å²) < 4.78 is 1.93. The Bertz CT molecular complexity index is 1210. The lowest BCUT2D eigenvalue weighted by atomic mass is 10.1. The molecule has 0 unspecified atom stereocenters. The van der Waals surface area contributed by atoms with Crippen LogP contribution >= 0.6 is 11.3 Å². The second kappa shape index (κ2) is 8.51. The van der Waals surface area contributed by atoms with E-state index in [9.17, 15) is 9.59 Å². The van der Waals surface area contributed by atoms with Crippen LogP contribution in [0.4, 0.5) is 5.69 Å². The number of nitrogens with one attached hydrogen (secondary N) is 2. The van der Waals surface area contributed by atoms with Crippen molar-refractivity contribution in [2.45, 2.75) is 20.4 Å². The number of hydrogen-bond acceptors (Lipinski definition) is 4. The van der Waals surface area contributed by atoms with Gasteiger partial charge in [-0.15, -0.1) is 11.3 Å². The third-order valence-corrected chi connectivity index (χ3v) is 5.91. The summed E-state index contributed by atoms with van der Waals surface area (Å²) in [6.45, 7) is 4.97. The minimum absolute atomic E-state index is 0.209. The van der Waals surface area contributed by atoms with E-state index in [1.165, 1.54) is 11.3 Å². The first-order valence-corrected chi connectivity index (χ1v) is 10.6. The molecule has 0 saturated heterocycles. The largest absolute Gasteiger partial charge is 0.352 e. The molecule has 2 heterocycles. The quantitative estimate of drug-likeness (QED) is 0.485. The van der Waals surface area contributed by atoms with Crippen LogP contribution in [-0.2, 0) is 6.54 Å². The van der Waals surface area contributed by atoms with Crippen LogP contribution in [0.25, 0.3) is 10.2 Å². The van der Waals surface area contributed by atoms with Crippen LogP contribution in [0.5, 0.6) is 0 Å². The van der Waals surface area contributed by atoms with E-state index in [-0.39, 0.29) is 11.8 Å². The highest BCUT2D eigenvalue weighted by atomic mass is 32.1. The number of aryl methyl sites for hydroxylation is 1. The maximum absolute atomic E-state index is 12.9. The van der Waals surface area contributed by atoms with E-state index in [2.05, 4.69) is 27.9 Å². The fraction of sp³-hybridized carbons (Fsp3) is 0.174. The van der Waals surface area contributed by atoms with Gasteiger partial charge in [0, 0.05) is 11.9 Å². The molecule has 0 atom stereocenters. The van der Waals surface area contributed by atoms with Crippen molar-refractivity contribution < 1.29 is 9.59 Å². The van der Waals surface area contributed by atoms with Gasteiger partial charge >= 0.3 is 0 Å². The molecule has 30 heavy (non-hydrogen) atoms. The summed E-state index contributed by atoms with van der Waals surface area (Å²) in [7, 11) is 0. The van der Waals surface area contributed by atoms with Gasteiger partial charge in [0.2, 0.25) is 0 Å². The van der Waals surface area contributed by atoms with Crippen LogP contribution in [0.1, 0.15) is 38.2 Å². The van der Waals surface area contributed by atoms with Gasteiger partial charge < -0.3 is 10.6 Å². The highest BCUT2D eigenvalue weighted by Crippen LogP contribution is 2.29. The van der Waals surface area contributed by atoms with Crippen LogP contribution < -0.4 is 10.6 Å². The van der Waals surface area contributed by atoms with Crippen molar-refractivity contribution in [1.82, 2.24) is 15.1 Å². The molecule has 0 radical (unpaired) electrons. The minimum atomic E-state index is -0.237. The predicted molar refractivity (Wildman–Crippen MR) is 120 cm³/mol. The van der Waals surface area contributed by atoms with Gasteiger partial charge in [-0.3, -0.25) is 14.3 Å². The second-order valence-corrected chi connectivity index (χ2v) is 7.95. The summed E-state index contributed by atoms with van der Waals surface area (Å²) in [6.07, 6.45) is 0. The number of anilines is 1. The van der Waals surface area contributed by atoms with Crippen LogP contribution in [-0.4, -0.2) is 28.1 Å². The first kappa shape index (κ1) is 19.8. The topological polar surface area (TPSA) is 76.0 Å².